The van der Waals surface area contributed by atoms with Crippen LogP contribution in [0, 0.1) is 11.8 Å². The van der Waals surface area contributed by atoms with Gasteiger partial charge in [0.15, 0.2) is 0 Å². The summed E-state index contributed by atoms with van der Waals surface area (Å²) >= 11 is 0. The van der Waals surface area contributed by atoms with E-state index >= 15 is 0 Å². The number of rotatable bonds is 2. The lowest BCUT2D eigenvalue weighted by molar-refractivity contribution is -0.139. The molecule has 0 saturated heterocycles. The normalized spacial score (nSPS) is 29.4. The van der Waals surface area contributed by atoms with E-state index in [2.05, 4.69) is 34.9 Å². The molecule has 0 unspecified atom stereocenters. The number of hydrazone groups is 2. The van der Waals surface area contributed by atoms with Gasteiger partial charge in [-0.1, -0.05) is 26.7 Å². The number of amides is 2. The highest BCUT2D eigenvalue weighted by atomic mass is 16.2. The standard InChI is InChI=1S/C16H26N4O2/c1-11-7-3-5-9-13(11)17-19-15(21)16(22)20-18-14-10-6-4-8-12(14)2/h11-12H,3-10H2,1-2H3,(H,19,21)(H,20,22)/b17-13+,18-14+/t11-,12-/m0/s1. The SMILES string of the molecule is C[C@H]1CCCC/C1=N\NC(=O)C(=O)N/N=C1\CCCC[C@@H]1C. The first-order valence-corrected chi connectivity index (χ1v) is 8.31. The van der Waals surface area contributed by atoms with Crippen molar-refractivity contribution >= 4 is 23.2 Å². The minimum absolute atomic E-state index is 0.375. The summed E-state index contributed by atoms with van der Waals surface area (Å²) < 4.78 is 0. The van der Waals surface area contributed by atoms with E-state index in [0.29, 0.717) is 11.8 Å². The van der Waals surface area contributed by atoms with Crippen molar-refractivity contribution < 1.29 is 9.59 Å². The van der Waals surface area contributed by atoms with Gasteiger partial charge in [-0.2, -0.15) is 10.2 Å². The van der Waals surface area contributed by atoms with Gasteiger partial charge in [-0.05, 0) is 50.4 Å². The molecule has 6 heteroatoms. The number of nitrogens with zero attached hydrogens (tertiary/aromatic N) is 2. The molecule has 0 spiro atoms. The summed E-state index contributed by atoms with van der Waals surface area (Å²) in [5.74, 6) is -0.753. The summed E-state index contributed by atoms with van der Waals surface area (Å²) in [4.78, 5) is 23.5. The first-order valence-electron chi connectivity index (χ1n) is 8.31. The van der Waals surface area contributed by atoms with Crippen LogP contribution in [0.5, 0.6) is 0 Å². The summed E-state index contributed by atoms with van der Waals surface area (Å²) in [6.07, 6.45) is 8.55. The van der Waals surface area contributed by atoms with Crippen LogP contribution in [0.2, 0.25) is 0 Å². The van der Waals surface area contributed by atoms with Gasteiger partial charge in [-0.15, -0.1) is 0 Å². The maximum Gasteiger partial charge on any atom is 0.331 e. The van der Waals surface area contributed by atoms with Crippen molar-refractivity contribution in [1.29, 1.82) is 0 Å². The Kier molecular flexibility index (Phi) is 6.10. The minimum Gasteiger partial charge on any atom is -0.262 e. The van der Waals surface area contributed by atoms with E-state index in [1.165, 1.54) is 12.8 Å². The van der Waals surface area contributed by atoms with Gasteiger partial charge in [0, 0.05) is 11.4 Å². The van der Waals surface area contributed by atoms with Gasteiger partial charge < -0.3 is 0 Å². The molecule has 0 heterocycles. The fourth-order valence-electron chi connectivity index (χ4n) is 3.02. The van der Waals surface area contributed by atoms with Crippen molar-refractivity contribution in [3.63, 3.8) is 0 Å². The molecule has 22 heavy (non-hydrogen) atoms. The van der Waals surface area contributed by atoms with Crippen LogP contribution < -0.4 is 10.9 Å². The average Bonchev–Trinajstić information content (AvgIpc) is 2.52. The van der Waals surface area contributed by atoms with Gasteiger partial charge in [0.2, 0.25) is 0 Å². The quantitative estimate of drug-likeness (QED) is 0.606. The van der Waals surface area contributed by atoms with Crippen LogP contribution in [0.15, 0.2) is 10.2 Å². The average molecular weight is 306 g/mol. The molecule has 0 bridgehead atoms. The molecule has 2 fully saturated rings. The van der Waals surface area contributed by atoms with Crippen molar-refractivity contribution in [1.82, 2.24) is 10.9 Å². The molecular formula is C16H26N4O2. The number of carbonyl (C=O) groups is 2. The Balaban J connectivity index is 1.83. The molecule has 2 atom stereocenters. The van der Waals surface area contributed by atoms with E-state index < -0.39 is 11.8 Å². The fourth-order valence-corrected chi connectivity index (χ4v) is 3.02. The number of nitrogens with one attached hydrogen (secondary N) is 2. The molecule has 2 aliphatic rings. The Morgan fingerprint density at radius 1 is 0.818 bits per heavy atom. The second kappa shape index (κ2) is 8.06. The van der Waals surface area contributed by atoms with Crippen molar-refractivity contribution in [3.8, 4) is 0 Å². The third-order valence-electron chi connectivity index (χ3n) is 4.59. The Bertz CT molecular complexity index is 441. The lowest BCUT2D eigenvalue weighted by Gasteiger charge is -2.20. The number of hydrogen-bond donors (Lipinski definition) is 2. The predicted octanol–water partition coefficient (Wildman–Crippen LogP) is 2.35. The zero-order valence-electron chi connectivity index (χ0n) is 13.5. The second-order valence-electron chi connectivity index (χ2n) is 6.38. The van der Waals surface area contributed by atoms with Crippen molar-refractivity contribution in [2.24, 2.45) is 22.0 Å². The monoisotopic (exact) mass is 306 g/mol. The summed E-state index contributed by atoms with van der Waals surface area (Å²) in [6, 6.07) is 0. The van der Waals surface area contributed by atoms with Gasteiger partial charge >= 0.3 is 11.8 Å². The Morgan fingerprint density at radius 2 is 1.23 bits per heavy atom. The summed E-state index contributed by atoms with van der Waals surface area (Å²) in [5, 5.41) is 8.21. The van der Waals surface area contributed by atoms with E-state index in [4.69, 9.17) is 0 Å². The summed E-state index contributed by atoms with van der Waals surface area (Å²) in [7, 11) is 0. The predicted molar refractivity (Wildman–Crippen MR) is 86.4 cm³/mol. The van der Waals surface area contributed by atoms with Crippen LogP contribution in [0.1, 0.15) is 65.2 Å². The molecule has 0 aliphatic heterocycles. The molecule has 6 nitrogen and oxygen atoms in total. The van der Waals surface area contributed by atoms with E-state index in [1.807, 2.05) is 0 Å². The highest BCUT2D eigenvalue weighted by Crippen LogP contribution is 2.21. The molecule has 2 N–H and O–H groups in total. The van der Waals surface area contributed by atoms with E-state index in [-0.39, 0.29) is 0 Å². The van der Waals surface area contributed by atoms with Gasteiger partial charge in [-0.25, -0.2) is 10.9 Å². The molecule has 0 aromatic rings. The largest absolute Gasteiger partial charge is 0.331 e. The Labute approximate surface area is 131 Å². The molecule has 2 aliphatic carbocycles. The Morgan fingerprint density at radius 3 is 1.59 bits per heavy atom. The second-order valence-corrected chi connectivity index (χ2v) is 6.38. The molecule has 0 aromatic heterocycles. The van der Waals surface area contributed by atoms with Gasteiger partial charge in [0.05, 0.1) is 0 Å². The molecular weight excluding hydrogens is 280 g/mol. The molecule has 2 amide bonds. The summed E-state index contributed by atoms with van der Waals surface area (Å²) in [5.41, 5.74) is 6.64. The van der Waals surface area contributed by atoms with Crippen LogP contribution in [0.4, 0.5) is 0 Å². The first-order chi connectivity index (χ1) is 10.6. The zero-order valence-corrected chi connectivity index (χ0v) is 13.5. The lowest BCUT2D eigenvalue weighted by Crippen LogP contribution is -2.37. The van der Waals surface area contributed by atoms with E-state index in [0.717, 1.165) is 49.9 Å². The van der Waals surface area contributed by atoms with Crippen LogP contribution in [-0.2, 0) is 9.59 Å². The van der Waals surface area contributed by atoms with Gasteiger partial charge in [0.25, 0.3) is 0 Å². The molecule has 122 valence electrons. The fraction of sp³-hybridized carbons (Fsp3) is 0.750. The van der Waals surface area contributed by atoms with Gasteiger partial charge in [0.1, 0.15) is 0 Å². The maximum absolute atomic E-state index is 11.7. The summed E-state index contributed by atoms with van der Waals surface area (Å²) in [6.45, 7) is 4.20. The maximum atomic E-state index is 11.7. The molecule has 2 saturated carbocycles. The van der Waals surface area contributed by atoms with Crippen molar-refractivity contribution in [3.05, 3.63) is 0 Å². The molecule has 0 aromatic carbocycles. The minimum atomic E-state index is -0.752. The first kappa shape index (κ1) is 16.6. The van der Waals surface area contributed by atoms with Crippen LogP contribution in [0.25, 0.3) is 0 Å². The van der Waals surface area contributed by atoms with E-state index in [9.17, 15) is 9.59 Å². The number of hydrogen-bond acceptors (Lipinski definition) is 4. The van der Waals surface area contributed by atoms with Gasteiger partial charge in [-0.3, -0.25) is 9.59 Å². The smallest absolute Gasteiger partial charge is 0.262 e. The zero-order chi connectivity index (χ0) is 15.9. The topological polar surface area (TPSA) is 82.9 Å². The Hall–Kier alpha value is -1.72. The highest BCUT2D eigenvalue weighted by molar-refractivity contribution is 6.35. The molecule has 2 rings (SSSR count). The lowest BCUT2D eigenvalue weighted by atomic mass is 9.89. The van der Waals surface area contributed by atoms with Crippen LogP contribution >= 0.6 is 0 Å². The van der Waals surface area contributed by atoms with Crippen LogP contribution in [0.3, 0.4) is 0 Å². The van der Waals surface area contributed by atoms with Crippen molar-refractivity contribution in [2.75, 3.05) is 0 Å². The third kappa shape index (κ3) is 4.64. The van der Waals surface area contributed by atoms with Crippen molar-refractivity contribution in [2.45, 2.75) is 65.2 Å². The molecule has 0 radical (unpaired) electrons. The third-order valence-corrected chi connectivity index (χ3v) is 4.59. The van der Waals surface area contributed by atoms with Crippen LogP contribution in [-0.4, -0.2) is 23.2 Å². The highest BCUT2D eigenvalue weighted by Gasteiger charge is 2.19. The van der Waals surface area contributed by atoms with E-state index in [1.54, 1.807) is 0 Å². The number of carbonyl (C=O) groups excluding carboxylic acids is 2.